The normalized spacial score (nSPS) is 20.2. The maximum absolute atomic E-state index is 13.8. The minimum atomic E-state index is -3.59. The van der Waals surface area contributed by atoms with Gasteiger partial charge in [-0.2, -0.15) is 5.10 Å². The third-order valence-corrected chi connectivity index (χ3v) is 8.14. The summed E-state index contributed by atoms with van der Waals surface area (Å²) in [5.41, 5.74) is 8.69. The molecule has 0 radical (unpaired) electrons. The number of nitrogens with zero attached hydrogens (tertiary/aromatic N) is 6. The van der Waals surface area contributed by atoms with Crippen molar-refractivity contribution in [2.24, 2.45) is 10.7 Å². The Hall–Kier alpha value is -3.58. The molecule has 2 atom stereocenters. The Bertz CT molecular complexity index is 1570. The van der Waals surface area contributed by atoms with Gasteiger partial charge in [0.1, 0.15) is 5.82 Å². The highest BCUT2D eigenvalue weighted by Crippen LogP contribution is 2.34. The zero-order chi connectivity index (χ0) is 28.6. The van der Waals surface area contributed by atoms with Gasteiger partial charge >= 0.3 is 0 Å². The van der Waals surface area contributed by atoms with E-state index in [1.165, 1.54) is 12.1 Å². The molecule has 2 fully saturated rings. The number of nitrogens with one attached hydrogen (secondary N) is 2. The maximum atomic E-state index is 13.8. The van der Waals surface area contributed by atoms with Crippen LogP contribution in [0.1, 0.15) is 53.3 Å². The van der Waals surface area contributed by atoms with E-state index in [-0.39, 0.29) is 29.2 Å². The number of hydrogen-bond donors (Lipinski definition) is 3. The number of halogens is 1. The fourth-order valence-corrected chi connectivity index (χ4v) is 6.21. The van der Waals surface area contributed by atoms with Crippen molar-refractivity contribution in [3.8, 4) is 0 Å². The molecule has 12 nitrogen and oxygen atoms in total. The molecule has 40 heavy (non-hydrogen) atoms. The first-order chi connectivity index (χ1) is 19.0. The van der Waals surface area contributed by atoms with E-state index in [1.54, 1.807) is 22.5 Å². The molecule has 214 valence electrons. The second-order valence-electron chi connectivity index (χ2n) is 10.4. The summed E-state index contributed by atoms with van der Waals surface area (Å²) in [6, 6.07) is 6.41. The Morgan fingerprint density at radius 2 is 2.00 bits per heavy atom. The number of aromatic nitrogens is 3. The molecule has 1 amide bonds. The summed E-state index contributed by atoms with van der Waals surface area (Å²) in [7, 11) is -1.93. The van der Waals surface area contributed by atoms with Crippen LogP contribution >= 0.6 is 11.6 Å². The van der Waals surface area contributed by atoms with E-state index in [2.05, 4.69) is 19.9 Å². The van der Waals surface area contributed by atoms with Gasteiger partial charge in [-0.15, -0.1) is 0 Å². The lowest BCUT2D eigenvalue weighted by Crippen LogP contribution is -2.41. The molecule has 0 spiro atoms. The number of sulfonamides is 1. The lowest BCUT2D eigenvalue weighted by atomic mass is 9.98. The minimum Gasteiger partial charge on any atom is -0.370 e. The molecule has 0 bridgehead atoms. The summed E-state index contributed by atoms with van der Waals surface area (Å²) in [4.78, 5) is 26.7. The van der Waals surface area contributed by atoms with Crippen molar-refractivity contribution >= 4 is 50.6 Å². The van der Waals surface area contributed by atoms with Crippen LogP contribution in [0.15, 0.2) is 35.5 Å². The lowest BCUT2D eigenvalue weighted by molar-refractivity contribution is 0.0607. The van der Waals surface area contributed by atoms with Crippen LogP contribution in [0.3, 0.4) is 0 Å². The van der Waals surface area contributed by atoms with Crippen molar-refractivity contribution in [1.29, 1.82) is 0 Å². The van der Waals surface area contributed by atoms with E-state index >= 15 is 0 Å². The van der Waals surface area contributed by atoms with Crippen LogP contribution in [0, 0.1) is 6.92 Å². The molecule has 4 N–H and O–H groups in total. The summed E-state index contributed by atoms with van der Waals surface area (Å²) in [6.45, 7) is 4.13. The van der Waals surface area contributed by atoms with Crippen molar-refractivity contribution < 1.29 is 13.2 Å². The fraction of sp³-hybridized carbons (Fsp3) is 0.462. The van der Waals surface area contributed by atoms with Gasteiger partial charge < -0.3 is 20.9 Å². The lowest BCUT2D eigenvalue weighted by Gasteiger charge is -2.35. The average Bonchev–Trinajstić information content (AvgIpc) is 3.54. The van der Waals surface area contributed by atoms with Gasteiger partial charge in [0.25, 0.3) is 5.91 Å². The molecule has 2 saturated heterocycles. The molecule has 14 heteroatoms. The molecular weight excluding hydrogens is 554 g/mol. The minimum absolute atomic E-state index is 0.192. The highest BCUT2D eigenvalue weighted by Gasteiger charge is 2.33. The Kier molecular flexibility index (Phi) is 7.78. The molecular formula is C26H34ClN9O3S. The number of aliphatic imine (C=N–C) groups is 1. The molecule has 5 rings (SSSR count). The quantitative estimate of drug-likeness (QED) is 0.294. The van der Waals surface area contributed by atoms with Crippen molar-refractivity contribution in [1.82, 2.24) is 24.8 Å². The predicted molar refractivity (Wildman–Crippen MR) is 157 cm³/mol. The SMILES string of the molecule is CN=C(N)NC1CCN(c2nc3cc(C4CCCCN4C(=O)c4cc(Cl)ccc4NS(C)(=O)=O)nn3cc2C)C1. The Morgan fingerprint density at radius 1 is 1.20 bits per heavy atom. The summed E-state index contributed by atoms with van der Waals surface area (Å²) >= 11 is 6.21. The van der Waals surface area contributed by atoms with Crippen molar-refractivity contribution in [3.63, 3.8) is 0 Å². The van der Waals surface area contributed by atoms with E-state index in [4.69, 9.17) is 27.4 Å². The van der Waals surface area contributed by atoms with E-state index in [9.17, 15) is 13.2 Å². The van der Waals surface area contributed by atoms with Crippen LogP contribution in [0.2, 0.25) is 5.02 Å². The van der Waals surface area contributed by atoms with Crippen molar-refractivity contribution in [3.05, 3.63) is 52.3 Å². The number of amides is 1. The fourth-order valence-electron chi connectivity index (χ4n) is 5.47. The van der Waals surface area contributed by atoms with Gasteiger partial charge in [0.05, 0.1) is 29.2 Å². The first-order valence-electron chi connectivity index (χ1n) is 13.2. The largest absolute Gasteiger partial charge is 0.370 e. The van der Waals surface area contributed by atoms with Crippen LogP contribution in [0.5, 0.6) is 0 Å². The number of aryl methyl sites for hydroxylation is 1. The van der Waals surface area contributed by atoms with Gasteiger partial charge in [-0.1, -0.05) is 11.6 Å². The predicted octanol–water partition coefficient (Wildman–Crippen LogP) is 2.54. The molecule has 1 aromatic carbocycles. The number of carbonyl (C=O) groups is 1. The number of rotatable bonds is 6. The average molecular weight is 588 g/mol. The van der Waals surface area contributed by atoms with Crippen LogP contribution in [0.25, 0.3) is 5.65 Å². The topological polar surface area (TPSA) is 150 Å². The molecule has 4 heterocycles. The number of likely N-dealkylation sites (tertiary alicyclic amines) is 1. The molecule has 2 aliphatic rings. The van der Waals surface area contributed by atoms with Gasteiger partial charge in [-0.05, 0) is 50.8 Å². The van der Waals surface area contributed by atoms with Gasteiger partial charge in [0, 0.05) is 55.6 Å². The Balaban J connectivity index is 1.43. The smallest absolute Gasteiger partial charge is 0.256 e. The standard InChI is InChI=1S/C26H34ClN9O3S/c1-16-14-36-23(31-24(16)34-11-9-18(15-34)30-26(28)29-2)13-21(32-36)22-6-4-5-10-35(22)25(37)19-12-17(27)7-8-20(19)33-40(3,38)39/h7-8,12-14,18,22,33H,4-6,9-11,15H2,1-3H3,(H3,28,29,30). The summed E-state index contributed by atoms with van der Waals surface area (Å²) in [5.74, 6) is 1.02. The third-order valence-electron chi connectivity index (χ3n) is 7.32. The number of carbonyl (C=O) groups excluding carboxylic acids is 1. The Labute approximate surface area is 238 Å². The monoisotopic (exact) mass is 587 g/mol. The van der Waals surface area contributed by atoms with Crippen LogP contribution in [-0.4, -0.2) is 78.8 Å². The summed E-state index contributed by atoms with van der Waals surface area (Å²) in [6.07, 6.45) is 6.44. The van der Waals surface area contributed by atoms with Crippen molar-refractivity contribution in [2.75, 3.05) is 42.6 Å². The van der Waals surface area contributed by atoms with E-state index < -0.39 is 10.0 Å². The van der Waals surface area contributed by atoms with Crippen LogP contribution in [-0.2, 0) is 10.0 Å². The van der Waals surface area contributed by atoms with E-state index in [0.717, 1.165) is 62.1 Å². The highest BCUT2D eigenvalue weighted by atomic mass is 35.5. The molecule has 0 aliphatic carbocycles. The van der Waals surface area contributed by atoms with E-state index in [0.29, 0.717) is 23.2 Å². The van der Waals surface area contributed by atoms with Gasteiger partial charge in [-0.3, -0.25) is 14.5 Å². The molecule has 2 unspecified atom stereocenters. The van der Waals surface area contributed by atoms with E-state index in [1.807, 2.05) is 19.2 Å². The third kappa shape index (κ3) is 5.94. The van der Waals surface area contributed by atoms with Crippen molar-refractivity contribution in [2.45, 2.75) is 44.7 Å². The Morgan fingerprint density at radius 3 is 2.75 bits per heavy atom. The number of benzene rings is 1. The van der Waals surface area contributed by atoms with Gasteiger partial charge in [0.2, 0.25) is 10.0 Å². The first-order valence-corrected chi connectivity index (χ1v) is 15.5. The van der Waals surface area contributed by atoms with Crippen LogP contribution in [0.4, 0.5) is 11.5 Å². The number of piperidine rings is 1. The van der Waals surface area contributed by atoms with Gasteiger partial charge in [0.15, 0.2) is 11.6 Å². The molecule has 3 aromatic rings. The highest BCUT2D eigenvalue weighted by molar-refractivity contribution is 7.92. The summed E-state index contributed by atoms with van der Waals surface area (Å²) < 4.78 is 28.1. The second kappa shape index (κ2) is 11.1. The zero-order valence-corrected chi connectivity index (χ0v) is 24.3. The maximum Gasteiger partial charge on any atom is 0.256 e. The number of anilines is 2. The zero-order valence-electron chi connectivity index (χ0n) is 22.8. The summed E-state index contributed by atoms with van der Waals surface area (Å²) in [5, 5.41) is 8.40. The second-order valence-corrected chi connectivity index (χ2v) is 12.6. The van der Waals surface area contributed by atoms with Gasteiger partial charge in [-0.25, -0.2) is 17.9 Å². The number of fused-ring (bicyclic) bond motifs is 1. The number of guanidine groups is 1. The molecule has 2 aromatic heterocycles. The first kappa shape index (κ1) is 28.0. The molecule has 2 aliphatic heterocycles. The molecule has 0 saturated carbocycles. The number of nitrogens with two attached hydrogens (primary N) is 1. The van der Waals surface area contributed by atoms with Crippen LogP contribution < -0.4 is 20.7 Å². The number of hydrogen-bond acceptors (Lipinski definition) is 7.